The van der Waals surface area contributed by atoms with E-state index in [0.29, 0.717) is 6.07 Å². The molecule has 0 saturated heterocycles. The molecule has 4 aromatic carbocycles. The Balaban J connectivity index is 0. The third-order valence-corrected chi connectivity index (χ3v) is 12.9. The van der Waals surface area contributed by atoms with Crippen LogP contribution in [0.5, 0.6) is 5.75 Å². The Morgan fingerprint density at radius 3 is 1.47 bits per heavy atom. The molecule has 6 N–H and O–H groups in total. The number of aromatic hydroxyl groups is 1. The first-order chi connectivity index (χ1) is 25.3. The Morgan fingerprint density at radius 1 is 0.667 bits per heavy atom. The van der Waals surface area contributed by atoms with Gasteiger partial charge in [0.25, 0.3) is 10.1 Å². The van der Waals surface area contributed by atoms with Gasteiger partial charge in [0.1, 0.15) is 21.5 Å². The normalized spacial score (nSPS) is 12.3. The summed E-state index contributed by atoms with van der Waals surface area (Å²) in [6.45, 7) is -1.60. The Hall–Kier alpha value is -0.560. The van der Waals surface area contributed by atoms with E-state index in [1.54, 1.807) is 0 Å². The zero-order valence-electron chi connectivity index (χ0n) is 32.0. The molecule has 0 bridgehead atoms. The van der Waals surface area contributed by atoms with Crippen LogP contribution in [0.25, 0.3) is 10.8 Å². The Morgan fingerprint density at radius 2 is 1.08 bits per heavy atom. The van der Waals surface area contributed by atoms with Crippen LogP contribution in [0, 0.1) is 0 Å². The van der Waals surface area contributed by atoms with Crippen LogP contribution in [-0.4, -0.2) is 87.3 Å². The van der Waals surface area contributed by atoms with Gasteiger partial charge in [0.15, 0.2) is 25.4 Å². The number of benzene rings is 4. The number of nitrogens with zero attached hydrogens (tertiary/aromatic N) is 4. The van der Waals surface area contributed by atoms with Gasteiger partial charge >= 0.3 is 118 Å². The zero-order chi connectivity index (χ0) is 41.1. The van der Waals surface area contributed by atoms with Crippen molar-refractivity contribution in [2.45, 2.75) is 19.6 Å². The maximum absolute atomic E-state index is 12.5. The average Bonchev–Trinajstić information content (AvgIpc) is 3.05. The topological polar surface area (TPSA) is 398 Å². The second-order valence-corrected chi connectivity index (χ2v) is 19.9. The summed E-state index contributed by atoms with van der Waals surface area (Å²) in [5.74, 6) is -2.55. The SMILES string of the molecule is CS(=O)(=O)OCCS(=O)(=O)c1ccc(N=Nc2c(S(=O)(=O)[O-])cc3cc([S-](=O)=O)c(N=Nc4ccc(S(=O)(=O)CCOS(=O)(=O)[O-])cc4)c(O)c3c2N)cc1.[Na+].[Na+].[Na+].[Na+].[OH3+]. The Labute approximate surface area is 434 Å². The standard InChI is InChI=1S/C27H26N5O17S6.4Na.H2O/c1-51(36,37)48-10-12-52(38,39)19-8-4-18(5-9-19)30-32-26-22(54(42,43)44)15-16-14-21(50(34)35)25(27(33)23(16)24(26)28)31-29-17-2-6-20(7-3-17)53(40,41)13-11-49-55(45,46)47;;;;;/h2-9,14-15,33H,10-13,28H2,1H3,(H,42,43,44)(H,45,46,47);;;;;1H2/q-1;4*+1;/p-1. The van der Waals surface area contributed by atoms with Crippen molar-refractivity contribution in [3.8, 4) is 5.75 Å². The van der Waals surface area contributed by atoms with Crippen LogP contribution >= 0.6 is 0 Å². The number of hydrogen-bond donors (Lipinski definition) is 2. The maximum atomic E-state index is 12.5. The molecular weight excluding hydrogens is 967 g/mol. The summed E-state index contributed by atoms with van der Waals surface area (Å²) in [4.78, 5) is -2.44. The van der Waals surface area contributed by atoms with Gasteiger partial charge in [0.2, 0.25) is 10.4 Å². The number of fused-ring (bicyclic) bond motifs is 1. The minimum Gasteiger partial charge on any atom is -0.744 e. The molecule has 4 rings (SSSR count). The maximum Gasteiger partial charge on any atom is 1.00 e. The van der Waals surface area contributed by atoms with Crippen LogP contribution < -0.4 is 124 Å². The monoisotopic (exact) mass is 993 g/mol. The van der Waals surface area contributed by atoms with Gasteiger partial charge in [0.05, 0.1) is 68.1 Å². The summed E-state index contributed by atoms with van der Waals surface area (Å²) >= 11 is 0. The molecule has 33 heteroatoms. The molecule has 0 saturated carbocycles. The molecule has 0 radical (unpaired) electrons. The minimum atomic E-state index is -5.41. The van der Waals surface area contributed by atoms with Crippen molar-refractivity contribution in [1.82, 2.24) is 0 Å². The molecule has 60 heavy (non-hydrogen) atoms. The molecule has 23 nitrogen and oxygen atoms in total. The predicted molar refractivity (Wildman–Crippen MR) is 192 cm³/mol. The number of sulfone groups is 2. The Bertz CT molecular complexity index is 2880. The average molecular weight is 994 g/mol. The molecule has 0 aliphatic rings. The molecule has 0 heterocycles. The van der Waals surface area contributed by atoms with Gasteiger partial charge < -0.3 is 33.8 Å². The Kier molecular flexibility index (Phi) is 25.3. The van der Waals surface area contributed by atoms with E-state index < -0.39 is 124 Å². The van der Waals surface area contributed by atoms with Gasteiger partial charge in [-0.05, 0) is 75.6 Å². The molecule has 0 atom stereocenters. The van der Waals surface area contributed by atoms with Crippen LogP contribution in [0.3, 0.4) is 0 Å². The summed E-state index contributed by atoms with van der Waals surface area (Å²) in [5, 5.41) is 25.4. The van der Waals surface area contributed by atoms with Crippen molar-refractivity contribution in [2.75, 3.05) is 36.7 Å². The third kappa shape index (κ3) is 17.1. The molecule has 0 spiro atoms. The fraction of sp³-hybridized carbons (Fsp3) is 0.185. The molecule has 0 aliphatic carbocycles. The molecule has 306 valence electrons. The quantitative estimate of drug-likeness (QED) is 0.0154. The van der Waals surface area contributed by atoms with E-state index in [1.807, 2.05) is 0 Å². The summed E-state index contributed by atoms with van der Waals surface area (Å²) in [5.41, 5.74) is 3.73. The van der Waals surface area contributed by atoms with E-state index in [2.05, 4.69) is 28.8 Å². The fourth-order valence-electron chi connectivity index (χ4n) is 4.46. The number of nitrogen functional groups attached to an aromatic ring is 1. The molecule has 0 aliphatic heterocycles. The smallest absolute Gasteiger partial charge is 0.744 e. The summed E-state index contributed by atoms with van der Waals surface area (Å²) in [6, 6.07) is 10.1. The first-order valence-electron chi connectivity index (χ1n) is 14.4. The molecule has 0 amide bonds. The van der Waals surface area contributed by atoms with Crippen molar-refractivity contribution in [3.63, 3.8) is 0 Å². The van der Waals surface area contributed by atoms with Gasteiger partial charge in [-0.3, -0.25) is 8.37 Å². The van der Waals surface area contributed by atoms with E-state index in [0.717, 1.165) is 60.9 Å². The number of hydrogen-bond acceptors (Lipinski definition) is 23. The van der Waals surface area contributed by atoms with Crippen molar-refractivity contribution < 1.29 is 197 Å². The number of azo groups is 2. The fourth-order valence-corrected chi connectivity index (χ4v) is 8.70. The van der Waals surface area contributed by atoms with Crippen LogP contribution in [-0.2, 0) is 83.3 Å². The second-order valence-electron chi connectivity index (χ2n) is 10.8. The van der Waals surface area contributed by atoms with E-state index >= 15 is 0 Å². The van der Waals surface area contributed by atoms with Crippen LogP contribution in [0.15, 0.2) is 101 Å². The van der Waals surface area contributed by atoms with Gasteiger partial charge in [-0.1, -0.05) is 6.07 Å². The van der Waals surface area contributed by atoms with E-state index in [9.17, 15) is 64.7 Å². The summed E-state index contributed by atoms with van der Waals surface area (Å²) in [7, 11) is -25.8. The van der Waals surface area contributed by atoms with Crippen molar-refractivity contribution in [2.24, 2.45) is 20.5 Å². The molecule has 0 unspecified atom stereocenters. The minimum absolute atomic E-state index is 0. The third-order valence-electron chi connectivity index (χ3n) is 6.91. The second kappa shape index (κ2) is 24.7. The first kappa shape index (κ1) is 61.5. The molecule has 0 fully saturated rings. The van der Waals surface area contributed by atoms with Gasteiger partial charge in [-0.25, -0.2) is 33.7 Å². The number of anilines is 1. The molecule has 0 aromatic heterocycles. The van der Waals surface area contributed by atoms with E-state index in [4.69, 9.17) is 5.73 Å². The number of nitrogens with two attached hydrogens (primary N) is 1. The van der Waals surface area contributed by atoms with Crippen LogP contribution in [0.4, 0.5) is 28.4 Å². The van der Waals surface area contributed by atoms with Crippen molar-refractivity contribution in [3.05, 3.63) is 60.7 Å². The molecule has 4 aromatic rings. The van der Waals surface area contributed by atoms with E-state index in [-0.39, 0.29) is 150 Å². The number of rotatable bonds is 16. The largest absolute Gasteiger partial charge is 1.00 e. The van der Waals surface area contributed by atoms with E-state index in [1.165, 1.54) is 0 Å². The predicted octanol–water partition coefficient (Wildman–Crippen LogP) is -10.4. The van der Waals surface area contributed by atoms with Gasteiger partial charge in [-0.15, -0.1) is 10.2 Å². The van der Waals surface area contributed by atoms with Crippen LogP contribution in [0.2, 0.25) is 0 Å². The van der Waals surface area contributed by atoms with Gasteiger partial charge in [0, 0.05) is 0 Å². The van der Waals surface area contributed by atoms with Gasteiger partial charge in [-0.2, -0.15) is 18.6 Å². The first-order valence-corrected chi connectivity index (χ1v) is 23.3. The van der Waals surface area contributed by atoms with Crippen molar-refractivity contribution >= 4 is 100 Å². The molecular formula is C27H27N5Na4O18S6+2. The zero-order valence-corrected chi connectivity index (χ0v) is 44.9. The van der Waals surface area contributed by atoms with Crippen molar-refractivity contribution in [1.29, 1.82) is 0 Å². The number of phenols is 1. The summed E-state index contributed by atoms with van der Waals surface area (Å²) in [6.07, 6.45) is 0.742. The van der Waals surface area contributed by atoms with Crippen LogP contribution in [0.1, 0.15) is 0 Å². The number of phenolic OH excluding ortho intramolecular Hbond substituents is 1. The summed E-state index contributed by atoms with van der Waals surface area (Å²) < 4.78 is 173.